The van der Waals surface area contributed by atoms with Gasteiger partial charge in [0.15, 0.2) is 0 Å². The fraction of sp³-hybridized carbons (Fsp3) is 0.500. The molecule has 1 aliphatic rings. The Kier molecular flexibility index (Phi) is 4.90. The molecule has 1 aliphatic heterocycles. The van der Waals surface area contributed by atoms with Crippen molar-refractivity contribution >= 4 is 43.1 Å². The summed E-state index contributed by atoms with van der Waals surface area (Å²) in [5.41, 5.74) is 0. The van der Waals surface area contributed by atoms with Gasteiger partial charge in [0.2, 0.25) is 10.0 Å². The van der Waals surface area contributed by atoms with Gasteiger partial charge in [-0.05, 0) is 31.0 Å². The first-order chi connectivity index (χ1) is 9.62. The smallest absolute Gasteiger partial charge is 0.229 e. The summed E-state index contributed by atoms with van der Waals surface area (Å²) in [6.07, 6.45) is 1.75. The Labute approximate surface area is 134 Å². The van der Waals surface area contributed by atoms with Crippen molar-refractivity contribution in [2.45, 2.75) is 23.0 Å². The van der Waals surface area contributed by atoms with E-state index in [1.54, 1.807) is 0 Å². The maximum absolute atomic E-state index is 12.6. The minimum absolute atomic E-state index is 0.0468. The van der Waals surface area contributed by atoms with Crippen LogP contribution in [0.1, 0.15) is 12.8 Å². The van der Waals surface area contributed by atoms with Crippen molar-refractivity contribution in [1.82, 2.24) is 4.31 Å². The van der Waals surface area contributed by atoms with Gasteiger partial charge in [-0.25, -0.2) is 16.8 Å². The highest BCUT2D eigenvalue weighted by Crippen LogP contribution is 2.30. The first kappa shape index (κ1) is 17.0. The molecule has 1 aromatic rings. The van der Waals surface area contributed by atoms with Crippen LogP contribution in [-0.4, -0.2) is 45.7 Å². The second-order valence-corrected chi connectivity index (χ2v) is 10.1. The lowest BCUT2D eigenvalue weighted by molar-refractivity contribution is 0.346. The highest BCUT2D eigenvalue weighted by Gasteiger charge is 2.34. The molecule has 0 aliphatic carbocycles. The number of hydrogen-bond acceptors (Lipinski definition) is 4. The summed E-state index contributed by atoms with van der Waals surface area (Å²) in [5.74, 6) is 0. The zero-order valence-electron chi connectivity index (χ0n) is 11.3. The Morgan fingerprint density at radius 1 is 1.10 bits per heavy atom. The summed E-state index contributed by atoms with van der Waals surface area (Å²) in [7, 11) is -6.90. The predicted molar refractivity (Wildman–Crippen MR) is 83.1 cm³/mol. The average molecular weight is 372 g/mol. The summed E-state index contributed by atoms with van der Waals surface area (Å²) in [4.78, 5) is -0.0468. The van der Waals surface area contributed by atoms with Crippen molar-refractivity contribution in [2.75, 3.05) is 19.3 Å². The van der Waals surface area contributed by atoms with Crippen molar-refractivity contribution in [3.63, 3.8) is 0 Å². The van der Waals surface area contributed by atoms with Gasteiger partial charge in [-0.1, -0.05) is 23.2 Å². The molecule has 1 saturated heterocycles. The molecule has 0 atom stereocenters. The van der Waals surface area contributed by atoms with Crippen molar-refractivity contribution in [3.8, 4) is 0 Å². The summed E-state index contributed by atoms with van der Waals surface area (Å²) < 4.78 is 49.4. The number of rotatable bonds is 3. The molecule has 0 saturated carbocycles. The lowest BCUT2D eigenvalue weighted by atomic mass is 10.2. The van der Waals surface area contributed by atoms with Gasteiger partial charge in [0.1, 0.15) is 14.7 Å². The van der Waals surface area contributed by atoms with Crippen LogP contribution in [0.5, 0.6) is 0 Å². The van der Waals surface area contributed by atoms with E-state index in [-0.39, 0.29) is 40.9 Å². The summed E-state index contributed by atoms with van der Waals surface area (Å²) >= 11 is 11.8. The second kappa shape index (κ2) is 6.04. The van der Waals surface area contributed by atoms with E-state index < -0.39 is 25.1 Å². The summed E-state index contributed by atoms with van der Waals surface area (Å²) in [6.45, 7) is 0.311. The summed E-state index contributed by atoms with van der Waals surface area (Å²) in [5, 5.41) is -0.104. The van der Waals surface area contributed by atoms with Crippen LogP contribution in [0, 0.1) is 0 Å². The zero-order chi connectivity index (χ0) is 15.8. The summed E-state index contributed by atoms with van der Waals surface area (Å²) in [6, 6.07) is 4.25. The normalized spacial score (nSPS) is 18.8. The molecule has 21 heavy (non-hydrogen) atoms. The van der Waals surface area contributed by atoms with Gasteiger partial charge < -0.3 is 0 Å². The fourth-order valence-electron chi connectivity index (χ4n) is 2.31. The lowest BCUT2D eigenvalue weighted by Crippen LogP contribution is -2.42. The molecule has 1 aromatic carbocycles. The van der Waals surface area contributed by atoms with Crippen LogP contribution >= 0.6 is 23.2 Å². The van der Waals surface area contributed by atoms with Gasteiger partial charge in [0.25, 0.3) is 0 Å². The van der Waals surface area contributed by atoms with Crippen LogP contribution in [0.2, 0.25) is 10.0 Å². The quantitative estimate of drug-likeness (QED) is 0.816. The number of halogens is 2. The van der Waals surface area contributed by atoms with Crippen molar-refractivity contribution in [2.24, 2.45) is 0 Å². The van der Waals surface area contributed by atoms with Crippen molar-refractivity contribution in [1.29, 1.82) is 0 Å². The van der Waals surface area contributed by atoms with Crippen LogP contribution in [0.25, 0.3) is 0 Å². The number of hydrogen-bond donors (Lipinski definition) is 0. The fourth-order valence-corrected chi connectivity index (χ4v) is 5.59. The van der Waals surface area contributed by atoms with Crippen LogP contribution in [0.3, 0.4) is 0 Å². The molecule has 0 N–H and O–H groups in total. The maximum Gasteiger partial charge on any atom is 0.244 e. The average Bonchev–Trinajstić information content (AvgIpc) is 2.40. The van der Waals surface area contributed by atoms with Gasteiger partial charge in [0, 0.05) is 24.4 Å². The first-order valence-electron chi connectivity index (χ1n) is 6.26. The molecule has 0 unspecified atom stereocenters. The minimum atomic E-state index is -3.76. The molecule has 5 nitrogen and oxygen atoms in total. The molecule has 118 valence electrons. The van der Waals surface area contributed by atoms with Gasteiger partial charge in [-0.3, -0.25) is 0 Å². The SMILES string of the molecule is CS(=O)(=O)C1CCN(S(=O)(=O)c2cc(Cl)ccc2Cl)CC1. The van der Waals surface area contributed by atoms with E-state index in [1.807, 2.05) is 0 Å². The number of nitrogens with zero attached hydrogens (tertiary/aromatic N) is 1. The van der Waals surface area contributed by atoms with Gasteiger partial charge >= 0.3 is 0 Å². The third-order valence-corrected chi connectivity index (χ3v) is 7.82. The molecule has 0 spiro atoms. The van der Waals surface area contributed by atoms with Crippen LogP contribution in [0.4, 0.5) is 0 Å². The topological polar surface area (TPSA) is 71.5 Å². The molecule has 9 heteroatoms. The number of sulfonamides is 1. The Morgan fingerprint density at radius 2 is 1.67 bits per heavy atom. The Balaban J connectivity index is 2.25. The third kappa shape index (κ3) is 3.71. The molecule has 2 rings (SSSR count). The van der Waals surface area contributed by atoms with E-state index in [9.17, 15) is 16.8 Å². The molecule has 0 bridgehead atoms. The Bertz CT molecular complexity index is 739. The first-order valence-corrected chi connectivity index (χ1v) is 10.4. The second-order valence-electron chi connectivity index (χ2n) is 5.01. The minimum Gasteiger partial charge on any atom is -0.229 e. The lowest BCUT2D eigenvalue weighted by Gasteiger charge is -2.30. The van der Waals surface area contributed by atoms with E-state index in [1.165, 1.54) is 28.8 Å². The third-order valence-electron chi connectivity index (χ3n) is 3.52. The molecule has 0 amide bonds. The molecule has 1 heterocycles. The molecular formula is C12H15Cl2NO4S2. The highest BCUT2D eigenvalue weighted by molar-refractivity contribution is 7.91. The number of benzene rings is 1. The Morgan fingerprint density at radius 3 is 2.19 bits per heavy atom. The van der Waals surface area contributed by atoms with E-state index in [0.717, 1.165) is 0 Å². The van der Waals surface area contributed by atoms with Crippen LogP contribution in [0.15, 0.2) is 23.1 Å². The highest BCUT2D eigenvalue weighted by atomic mass is 35.5. The standard InChI is InChI=1S/C12H15Cl2NO4S2/c1-20(16,17)10-4-6-15(7-5-10)21(18,19)12-8-9(13)2-3-11(12)14/h2-3,8,10H,4-7H2,1H3. The van der Waals surface area contributed by atoms with Crippen molar-refractivity contribution < 1.29 is 16.8 Å². The van der Waals surface area contributed by atoms with E-state index in [4.69, 9.17) is 23.2 Å². The molecule has 0 radical (unpaired) electrons. The van der Waals surface area contributed by atoms with Crippen LogP contribution < -0.4 is 0 Å². The largest absolute Gasteiger partial charge is 0.244 e. The van der Waals surface area contributed by atoms with Crippen molar-refractivity contribution in [3.05, 3.63) is 28.2 Å². The number of sulfone groups is 1. The monoisotopic (exact) mass is 371 g/mol. The number of piperidine rings is 1. The predicted octanol–water partition coefficient (Wildman–Crippen LogP) is 2.19. The maximum atomic E-state index is 12.6. The van der Waals surface area contributed by atoms with Crippen LogP contribution in [-0.2, 0) is 19.9 Å². The zero-order valence-corrected chi connectivity index (χ0v) is 14.4. The van der Waals surface area contributed by atoms with Gasteiger partial charge in [-0.15, -0.1) is 0 Å². The van der Waals surface area contributed by atoms with E-state index >= 15 is 0 Å². The van der Waals surface area contributed by atoms with Gasteiger partial charge in [-0.2, -0.15) is 4.31 Å². The van der Waals surface area contributed by atoms with E-state index in [0.29, 0.717) is 0 Å². The molecule has 1 fully saturated rings. The van der Waals surface area contributed by atoms with Gasteiger partial charge in [0.05, 0.1) is 10.3 Å². The van der Waals surface area contributed by atoms with E-state index in [2.05, 4.69) is 0 Å². The molecular weight excluding hydrogens is 357 g/mol. The molecule has 0 aromatic heterocycles. The Hall–Kier alpha value is -0.340.